The lowest BCUT2D eigenvalue weighted by Crippen LogP contribution is -2.50. The molecule has 1 aliphatic rings. The maximum Gasteiger partial charge on any atom is 0.387 e. The second-order valence-electron chi connectivity index (χ2n) is 5.45. The number of carbonyl (C=O) groups excluding carboxylic acids is 2. The van der Waals surface area contributed by atoms with Crippen LogP contribution in [0.1, 0.15) is 17.3 Å². The number of halogens is 2. The third kappa shape index (κ3) is 4.16. The fourth-order valence-electron chi connectivity index (χ4n) is 2.61. The van der Waals surface area contributed by atoms with Crippen LogP contribution < -0.4 is 9.47 Å². The van der Waals surface area contributed by atoms with E-state index in [-0.39, 0.29) is 30.3 Å². The SMILES string of the molecule is COc1cc(C(=O)N2CCN(C(C)=O)CC2)c([N+](=O)[O-])cc1OC(F)F. The number of benzene rings is 1. The van der Waals surface area contributed by atoms with Gasteiger partial charge < -0.3 is 19.3 Å². The maximum atomic E-state index is 12.7. The molecule has 1 saturated heterocycles. The molecule has 0 saturated carbocycles. The zero-order chi connectivity index (χ0) is 19.4. The highest BCUT2D eigenvalue weighted by Crippen LogP contribution is 2.36. The summed E-state index contributed by atoms with van der Waals surface area (Å²) in [6, 6.07) is 1.75. The van der Waals surface area contributed by atoms with Gasteiger partial charge in [-0.1, -0.05) is 0 Å². The van der Waals surface area contributed by atoms with Gasteiger partial charge in [-0.25, -0.2) is 0 Å². The van der Waals surface area contributed by atoms with Crippen LogP contribution in [-0.2, 0) is 4.79 Å². The van der Waals surface area contributed by atoms with Gasteiger partial charge in [-0.05, 0) is 0 Å². The van der Waals surface area contributed by atoms with E-state index in [2.05, 4.69) is 4.74 Å². The average Bonchev–Trinajstić information content (AvgIpc) is 2.60. The molecule has 0 bridgehead atoms. The summed E-state index contributed by atoms with van der Waals surface area (Å²) in [4.78, 5) is 37.4. The molecule has 0 radical (unpaired) electrons. The highest BCUT2D eigenvalue weighted by atomic mass is 19.3. The van der Waals surface area contributed by atoms with Crippen LogP contribution in [0.5, 0.6) is 11.5 Å². The van der Waals surface area contributed by atoms with Gasteiger partial charge >= 0.3 is 6.61 Å². The Kier molecular flexibility index (Phi) is 5.90. The number of hydrogen-bond acceptors (Lipinski definition) is 6. The minimum Gasteiger partial charge on any atom is -0.493 e. The molecule has 1 fully saturated rings. The minimum atomic E-state index is -3.20. The van der Waals surface area contributed by atoms with Crippen LogP contribution >= 0.6 is 0 Å². The third-order valence-corrected chi connectivity index (χ3v) is 3.94. The topological polar surface area (TPSA) is 102 Å². The van der Waals surface area contributed by atoms with Crippen molar-refractivity contribution in [2.45, 2.75) is 13.5 Å². The number of alkyl halides is 2. The van der Waals surface area contributed by atoms with Gasteiger partial charge in [0.2, 0.25) is 5.91 Å². The molecule has 1 aliphatic heterocycles. The zero-order valence-corrected chi connectivity index (χ0v) is 14.1. The highest BCUT2D eigenvalue weighted by Gasteiger charge is 2.30. The molecule has 9 nitrogen and oxygen atoms in total. The molecule has 1 aromatic carbocycles. The van der Waals surface area contributed by atoms with Gasteiger partial charge in [0.15, 0.2) is 11.5 Å². The number of methoxy groups -OCH3 is 1. The van der Waals surface area contributed by atoms with Gasteiger partial charge in [0.1, 0.15) is 5.56 Å². The first kappa shape index (κ1) is 19.3. The van der Waals surface area contributed by atoms with Crippen molar-refractivity contribution in [1.29, 1.82) is 0 Å². The quantitative estimate of drug-likeness (QED) is 0.573. The summed E-state index contributed by atoms with van der Waals surface area (Å²) in [5, 5.41) is 11.3. The average molecular weight is 373 g/mol. The summed E-state index contributed by atoms with van der Waals surface area (Å²) < 4.78 is 34.1. The molecule has 142 valence electrons. The largest absolute Gasteiger partial charge is 0.493 e. The summed E-state index contributed by atoms with van der Waals surface area (Å²) in [6.45, 7) is -0.781. The Morgan fingerprint density at radius 3 is 2.19 bits per heavy atom. The van der Waals surface area contributed by atoms with Crippen LogP contribution in [0.25, 0.3) is 0 Å². The smallest absolute Gasteiger partial charge is 0.387 e. The second-order valence-corrected chi connectivity index (χ2v) is 5.45. The van der Waals surface area contributed by atoms with Crippen molar-refractivity contribution in [3.05, 3.63) is 27.8 Å². The van der Waals surface area contributed by atoms with Gasteiger partial charge in [0, 0.05) is 39.2 Å². The Bertz CT molecular complexity index is 720. The van der Waals surface area contributed by atoms with E-state index in [0.29, 0.717) is 13.1 Å². The molecular formula is C15H17F2N3O6. The van der Waals surface area contributed by atoms with E-state index >= 15 is 0 Å². The lowest BCUT2D eigenvalue weighted by Gasteiger charge is -2.34. The maximum absolute atomic E-state index is 12.7. The molecule has 2 rings (SSSR count). The van der Waals surface area contributed by atoms with Crippen LogP contribution in [0.3, 0.4) is 0 Å². The number of amides is 2. The molecule has 0 atom stereocenters. The molecule has 1 aromatic rings. The fourth-order valence-corrected chi connectivity index (χ4v) is 2.61. The van der Waals surface area contributed by atoms with Gasteiger partial charge in [-0.15, -0.1) is 0 Å². The normalized spacial score (nSPS) is 14.3. The first-order chi connectivity index (χ1) is 12.2. The Hall–Kier alpha value is -2.98. The summed E-state index contributed by atoms with van der Waals surface area (Å²) in [5.41, 5.74) is -0.967. The molecular weight excluding hydrogens is 356 g/mol. The Morgan fingerprint density at radius 1 is 1.15 bits per heavy atom. The van der Waals surface area contributed by atoms with E-state index in [1.54, 1.807) is 4.90 Å². The highest BCUT2D eigenvalue weighted by molar-refractivity contribution is 5.99. The van der Waals surface area contributed by atoms with Crippen molar-refractivity contribution in [1.82, 2.24) is 9.80 Å². The van der Waals surface area contributed by atoms with Gasteiger partial charge in [0.25, 0.3) is 11.6 Å². The summed E-state index contributed by atoms with van der Waals surface area (Å²) in [6.07, 6.45) is 0. The van der Waals surface area contributed by atoms with Crippen LogP contribution in [0.4, 0.5) is 14.5 Å². The lowest BCUT2D eigenvalue weighted by molar-refractivity contribution is -0.385. The Labute approximate surface area is 147 Å². The molecule has 0 aromatic heterocycles. The van der Waals surface area contributed by atoms with Crippen LogP contribution in [0.15, 0.2) is 12.1 Å². The third-order valence-electron chi connectivity index (χ3n) is 3.94. The van der Waals surface area contributed by atoms with Crippen LogP contribution in [0, 0.1) is 10.1 Å². The number of ether oxygens (including phenoxy) is 2. The Morgan fingerprint density at radius 2 is 1.73 bits per heavy atom. The summed E-state index contributed by atoms with van der Waals surface area (Å²) in [5.74, 6) is -1.53. The molecule has 1 heterocycles. The van der Waals surface area contributed by atoms with Crippen molar-refractivity contribution in [2.75, 3.05) is 33.3 Å². The zero-order valence-electron chi connectivity index (χ0n) is 14.1. The standard InChI is InChI=1S/C15H17F2N3O6/c1-9(21)18-3-5-19(6-4-18)14(22)10-7-12(25-2)13(26-15(16)17)8-11(10)20(23)24/h7-8,15H,3-6H2,1-2H3. The molecule has 26 heavy (non-hydrogen) atoms. The second kappa shape index (κ2) is 7.93. The van der Waals surface area contributed by atoms with Crippen LogP contribution in [0.2, 0.25) is 0 Å². The van der Waals surface area contributed by atoms with E-state index in [0.717, 1.165) is 12.1 Å². The number of hydrogen-bond donors (Lipinski definition) is 0. The molecule has 2 amide bonds. The van der Waals surface area contributed by atoms with E-state index < -0.39 is 28.9 Å². The number of nitro benzene ring substituents is 1. The van der Waals surface area contributed by atoms with Gasteiger partial charge in [0.05, 0.1) is 18.1 Å². The number of nitro groups is 1. The van der Waals surface area contributed by atoms with Crippen molar-refractivity contribution >= 4 is 17.5 Å². The Balaban J connectivity index is 2.33. The van der Waals surface area contributed by atoms with Gasteiger partial charge in [-0.2, -0.15) is 8.78 Å². The van der Waals surface area contributed by atoms with Crippen LogP contribution in [-0.4, -0.2) is 66.4 Å². The van der Waals surface area contributed by atoms with Crippen molar-refractivity contribution in [3.8, 4) is 11.5 Å². The van der Waals surface area contributed by atoms with Crippen molar-refractivity contribution in [3.63, 3.8) is 0 Å². The minimum absolute atomic E-state index is 0.127. The number of rotatable bonds is 5. The number of piperazine rings is 1. The predicted octanol–water partition coefficient (Wildman–Crippen LogP) is 1.51. The summed E-state index contributed by atoms with van der Waals surface area (Å²) >= 11 is 0. The number of carbonyl (C=O) groups is 2. The predicted molar refractivity (Wildman–Crippen MR) is 84.4 cm³/mol. The first-order valence-electron chi connectivity index (χ1n) is 7.60. The van der Waals surface area contributed by atoms with Gasteiger partial charge in [-0.3, -0.25) is 19.7 Å². The van der Waals surface area contributed by atoms with E-state index in [4.69, 9.17) is 4.74 Å². The van der Waals surface area contributed by atoms with E-state index in [9.17, 15) is 28.5 Å². The summed E-state index contributed by atoms with van der Waals surface area (Å²) in [7, 11) is 1.17. The molecule has 0 aliphatic carbocycles. The fraction of sp³-hybridized carbons (Fsp3) is 0.467. The monoisotopic (exact) mass is 373 g/mol. The lowest BCUT2D eigenvalue weighted by atomic mass is 10.1. The van der Waals surface area contributed by atoms with Crippen molar-refractivity contribution in [2.24, 2.45) is 0 Å². The van der Waals surface area contributed by atoms with E-state index in [1.807, 2.05) is 0 Å². The van der Waals surface area contributed by atoms with E-state index in [1.165, 1.54) is 18.9 Å². The molecule has 11 heteroatoms. The van der Waals surface area contributed by atoms with Crippen molar-refractivity contribution < 1.29 is 32.8 Å². The molecule has 0 unspecified atom stereocenters. The molecule has 0 spiro atoms. The first-order valence-corrected chi connectivity index (χ1v) is 7.60. The number of nitrogens with zero attached hydrogens (tertiary/aromatic N) is 3. The molecule has 0 N–H and O–H groups in total.